The van der Waals surface area contributed by atoms with Gasteiger partial charge in [0.25, 0.3) is 0 Å². The van der Waals surface area contributed by atoms with Crippen LogP contribution in [0, 0.1) is 0 Å². The van der Waals surface area contributed by atoms with Crippen molar-refractivity contribution in [3.05, 3.63) is 12.2 Å². The predicted octanol–water partition coefficient (Wildman–Crippen LogP) is 15.3. The molecule has 3 N–H and O–H groups in total. The lowest BCUT2D eigenvalue weighted by Crippen LogP contribution is -2.45. The maximum absolute atomic E-state index is 12.4. The van der Waals surface area contributed by atoms with Crippen LogP contribution in [-0.4, -0.2) is 47.4 Å². The Hall–Kier alpha value is -1.40. The van der Waals surface area contributed by atoms with Gasteiger partial charge in [-0.25, -0.2) is 0 Å². The van der Waals surface area contributed by atoms with Crippen LogP contribution < -0.4 is 5.32 Å². The van der Waals surface area contributed by atoms with Crippen LogP contribution in [0.4, 0.5) is 0 Å². The molecule has 0 fully saturated rings. The minimum atomic E-state index is -0.847. The summed E-state index contributed by atoms with van der Waals surface area (Å²) in [5.74, 6) is -0.0721. The second-order valence-electron chi connectivity index (χ2n) is 17.9. The molecule has 2 unspecified atom stereocenters. The quantitative estimate of drug-likeness (QED) is 0.0323. The zero-order valence-corrected chi connectivity index (χ0v) is 39.0. The van der Waals surface area contributed by atoms with Crippen molar-refractivity contribution in [2.75, 3.05) is 13.2 Å². The molecule has 344 valence electrons. The fraction of sp³-hybridized carbons (Fsp3) is 0.923. The number of allylic oxidation sites excluding steroid dienone is 1. The monoisotopic (exact) mass is 820 g/mol. The van der Waals surface area contributed by atoms with E-state index in [1.54, 1.807) is 6.08 Å². The highest BCUT2D eigenvalue weighted by Crippen LogP contribution is 2.16. The maximum Gasteiger partial charge on any atom is 0.305 e. The number of carbonyl (C=O) groups is 2. The lowest BCUT2D eigenvalue weighted by atomic mass is 10.0. The number of hydrogen-bond acceptors (Lipinski definition) is 5. The number of aliphatic hydroxyl groups is 2. The number of unbranched alkanes of at least 4 members (excludes halogenated alkanes) is 37. The number of rotatable bonds is 48. The van der Waals surface area contributed by atoms with Gasteiger partial charge in [-0.1, -0.05) is 251 Å². The van der Waals surface area contributed by atoms with Crippen LogP contribution in [0.15, 0.2) is 12.2 Å². The first-order valence-electron chi connectivity index (χ1n) is 26.0. The van der Waals surface area contributed by atoms with Gasteiger partial charge in [0.05, 0.1) is 25.4 Å². The maximum atomic E-state index is 12.4. The molecule has 0 saturated heterocycles. The van der Waals surface area contributed by atoms with Gasteiger partial charge >= 0.3 is 5.97 Å². The number of aliphatic hydroxyl groups excluding tert-OH is 2. The van der Waals surface area contributed by atoms with Gasteiger partial charge in [-0.05, 0) is 32.1 Å². The summed E-state index contributed by atoms with van der Waals surface area (Å²) in [6, 6.07) is -0.631. The second kappa shape index (κ2) is 48.3. The van der Waals surface area contributed by atoms with Gasteiger partial charge in [0.15, 0.2) is 0 Å². The predicted molar refractivity (Wildman–Crippen MR) is 250 cm³/mol. The molecule has 0 aromatic heterocycles. The Morgan fingerprint density at radius 2 is 0.793 bits per heavy atom. The van der Waals surface area contributed by atoms with E-state index in [9.17, 15) is 19.8 Å². The Kier molecular flexibility index (Phi) is 47.1. The van der Waals surface area contributed by atoms with Gasteiger partial charge in [-0.3, -0.25) is 9.59 Å². The summed E-state index contributed by atoms with van der Waals surface area (Å²) in [5.41, 5.74) is 0. The molecule has 6 nitrogen and oxygen atoms in total. The first kappa shape index (κ1) is 56.6. The molecule has 0 aliphatic heterocycles. The molecule has 0 bridgehead atoms. The van der Waals surface area contributed by atoms with Crippen LogP contribution in [0.5, 0.6) is 0 Å². The van der Waals surface area contributed by atoms with Crippen molar-refractivity contribution in [2.24, 2.45) is 0 Å². The molecule has 0 aromatic rings. The van der Waals surface area contributed by atoms with Gasteiger partial charge in [-0.15, -0.1) is 0 Å². The first-order valence-corrected chi connectivity index (χ1v) is 26.0. The lowest BCUT2D eigenvalue weighted by molar-refractivity contribution is -0.143. The van der Waals surface area contributed by atoms with Crippen LogP contribution in [-0.2, 0) is 14.3 Å². The van der Waals surface area contributed by atoms with Gasteiger partial charge in [0.2, 0.25) is 5.91 Å². The fourth-order valence-electron chi connectivity index (χ4n) is 8.05. The highest BCUT2D eigenvalue weighted by Gasteiger charge is 2.18. The summed E-state index contributed by atoms with van der Waals surface area (Å²) in [7, 11) is 0. The minimum Gasteiger partial charge on any atom is -0.466 e. The molecule has 0 aromatic carbocycles. The van der Waals surface area contributed by atoms with E-state index in [1.807, 2.05) is 6.08 Å². The highest BCUT2D eigenvalue weighted by molar-refractivity contribution is 5.76. The number of esters is 1. The summed E-state index contributed by atoms with van der Waals surface area (Å²) in [5, 5.41) is 23.0. The van der Waals surface area contributed by atoms with Crippen molar-refractivity contribution in [3.63, 3.8) is 0 Å². The number of amides is 1. The zero-order chi connectivity index (χ0) is 42.3. The molecule has 0 saturated carbocycles. The van der Waals surface area contributed by atoms with Crippen molar-refractivity contribution in [1.82, 2.24) is 5.32 Å². The topological polar surface area (TPSA) is 95.9 Å². The van der Waals surface area contributed by atoms with Crippen molar-refractivity contribution < 1.29 is 24.5 Å². The average Bonchev–Trinajstić information content (AvgIpc) is 3.22. The molecule has 0 radical (unpaired) electrons. The minimum absolute atomic E-state index is 0.00187. The summed E-state index contributed by atoms with van der Waals surface area (Å²) in [6.45, 7) is 4.89. The zero-order valence-electron chi connectivity index (χ0n) is 39.0. The van der Waals surface area contributed by atoms with Gasteiger partial charge < -0.3 is 20.3 Å². The van der Waals surface area contributed by atoms with Crippen LogP contribution in [0.25, 0.3) is 0 Å². The van der Waals surface area contributed by atoms with Crippen LogP contribution in [0.3, 0.4) is 0 Å². The highest BCUT2D eigenvalue weighted by atomic mass is 16.5. The number of nitrogens with one attached hydrogen (secondary N) is 1. The Morgan fingerprint density at radius 1 is 0.466 bits per heavy atom. The molecule has 2 atom stereocenters. The summed E-state index contributed by atoms with van der Waals surface area (Å²) < 4.78 is 5.45. The van der Waals surface area contributed by atoms with Crippen LogP contribution in [0.2, 0.25) is 0 Å². The molecule has 0 rings (SSSR count). The number of ether oxygens (including phenoxy) is 1. The van der Waals surface area contributed by atoms with E-state index in [-0.39, 0.29) is 18.5 Å². The Labute approximate surface area is 361 Å². The van der Waals surface area contributed by atoms with Crippen molar-refractivity contribution in [2.45, 2.75) is 296 Å². The largest absolute Gasteiger partial charge is 0.466 e. The van der Waals surface area contributed by atoms with E-state index < -0.39 is 12.1 Å². The average molecular weight is 820 g/mol. The third-order valence-electron chi connectivity index (χ3n) is 12.1. The third kappa shape index (κ3) is 44.2. The van der Waals surface area contributed by atoms with Crippen LogP contribution >= 0.6 is 0 Å². The van der Waals surface area contributed by atoms with Gasteiger partial charge in [0.1, 0.15) is 0 Å². The molecular formula is C52H101NO5. The molecular weight excluding hydrogens is 719 g/mol. The molecule has 0 spiro atoms. The first-order chi connectivity index (χ1) is 28.5. The van der Waals surface area contributed by atoms with E-state index in [2.05, 4.69) is 19.2 Å². The molecule has 0 heterocycles. The standard InChI is InChI=1S/C52H101NO5/c1-3-5-7-9-11-13-15-16-21-25-28-32-36-40-44-50(55)49(48-54)53-51(56)45-41-37-33-29-26-22-19-17-18-20-23-27-31-35-39-43-47-58-52(57)46-42-38-34-30-24-14-12-10-8-6-4-2/h40,44,49-50,54-55H,3-39,41-43,45-48H2,1-2H3,(H,53,56)/b44-40+. The number of carbonyl (C=O) groups excluding carboxylic acids is 2. The summed E-state index contributed by atoms with van der Waals surface area (Å²) >= 11 is 0. The Balaban J connectivity index is 3.45. The van der Waals surface area contributed by atoms with Crippen molar-refractivity contribution >= 4 is 11.9 Å². The summed E-state index contributed by atoms with van der Waals surface area (Å²) in [6.07, 6.45) is 54.9. The second-order valence-corrected chi connectivity index (χ2v) is 17.9. The van der Waals surface area contributed by atoms with Crippen LogP contribution in [0.1, 0.15) is 284 Å². The summed E-state index contributed by atoms with van der Waals surface area (Å²) in [4.78, 5) is 24.4. The normalized spacial score (nSPS) is 12.7. The van der Waals surface area contributed by atoms with Gasteiger partial charge in [0, 0.05) is 12.8 Å². The van der Waals surface area contributed by atoms with Gasteiger partial charge in [-0.2, -0.15) is 0 Å². The molecule has 58 heavy (non-hydrogen) atoms. The molecule has 1 amide bonds. The van der Waals surface area contributed by atoms with Crippen molar-refractivity contribution in [1.29, 1.82) is 0 Å². The smallest absolute Gasteiger partial charge is 0.305 e. The fourth-order valence-corrected chi connectivity index (χ4v) is 8.05. The van der Waals surface area contributed by atoms with E-state index in [0.717, 1.165) is 44.9 Å². The molecule has 0 aliphatic carbocycles. The molecule has 0 aliphatic rings. The van der Waals surface area contributed by atoms with E-state index >= 15 is 0 Å². The lowest BCUT2D eigenvalue weighted by Gasteiger charge is -2.20. The van der Waals surface area contributed by atoms with E-state index in [4.69, 9.17) is 4.74 Å². The molecule has 6 heteroatoms. The third-order valence-corrected chi connectivity index (χ3v) is 12.1. The Bertz CT molecular complexity index is 863. The number of hydrogen-bond donors (Lipinski definition) is 3. The SMILES string of the molecule is CCCCCCCCCCCCCC/C=C/C(O)C(CO)NC(=O)CCCCCCCCCCCCCCCCCCOC(=O)CCCCCCCCCCCCC. The van der Waals surface area contributed by atoms with E-state index in [1.165, 1.54) is 212 Å². The Morgan fingerprint density at radius 3 is 1.17 bits per heavy atom. The van der Waals surface area contributed by atoms with E-state index in [0.29, 0.717) is 19.4 Å². The van der Waals surface area contributed by atoms with Crippen molar-refractivity contribution in [3.8, 4) is 0 Å².